The fraction of sp³-hybridized carbons (Fsp3) is 0.316. The van der Waals surface area contributed by atoms with Crippen LogP contribution in [0.15, 0.2) is 45.6 Å². The molecule has 0 unspecified atom stereocenters. The van der Waals surface area contributed by atoms with E-state index < -0.39 is 0 Å². The summed E-state index contributed by atoms with van der Waals surface area (Å²) in [6, 6.07) is 9.23. The van der Waals surface area contributed by atoms with Crippen LogP contribution in [0.5, 0.6) is 5.75 Å². The molecule has 3 heterocycles. The summed E-state index contributed by atoms with van der Waals surface area (Å²) in [5.41, 5.74) is 1.64. The molecule has 0 aliphatic carbocycles. The molecule has 1 aliphatic heterocycles. The molecule has 4 rings (SSSR count). The Kier molecular flexibility index (Phi) is 5.54. The summed E-state index contributed by atoms with van der Waals surface area (Å²) in [4.78, 5) is 21.0. The number of amides is 2. The second kappa shape index (κ2) is 8.41. The summed E-state index contributed by atoms with van der Waals surface area (Å²) in [6.07, 6.45) is 0. The maximum absolute atomic E-state index is 12.5. The van der Waals surface area contributed by atoms with Crippen LogP contribution >= 0.6 is 11.3 Å². The maximum atomic E-state index is 12.5. The Morgan fingerprint density at radius 2 is 2.07 bits per heavy atom. The zero-order chi connectivity index (χ0) is 19.3. The molecule has 9 heteroatoms. The van der Waals surface area contributed by atoms with Crippen LogP contribution in [0.1, 0.15) is 5.89 Å². The van der Waals surface area contributed by atoms with Gasteiger partial charge in [-0.1, -0.05) is 17.3 Å². The number of nitrogens with zero attached hydrogens (tertiary/aromatic N) is 4. The van der Waals surface area contributed by atoms with Crippen LogP contribution in [-0.2, 0) is 6.54 Å². The average Bonchev–Trinajstić information content (AvgIpc) is 3.41. The first-order valence-electron chi connectivity index (χ1n) is 8.99. The molecule has 2 amide bonds. The number of nitrogens with one attached hydrogen (secondary N) is 1. The highest BCUT2D eigenvalue weighted by Gasteiger charge is 2.23. The number of thiophene rings is 1. The first-order valence-corrected chi connectivity index (χ1v) is 9.93. The number of urea groups is 1. The Hall–Kier alpha value is -2.91. The van der Waals surface area contributed by atoms with Crippen molar-refractivity contribution < 1.29 is 14.1 Å². The second-order valence-corrected chi connectivity index (χ2v) is 7.20. The number of rotatable bonds is 5. The number of anilines is 1. The van der Waals surface area contributed by atoms with Gasteiger partial charge in [0.1, 0.15) is 5.75 Å². The molecule has 8 nitrogen and oxygen atoms in total. The average molecular weight is 399 g/mol. The summed E-state index contributed by atoms with van der Waals surface area (Å²) in [7, 11) is 1.59. The van der Waals surface area contributed by atoms with Crippen molar-refractivity contribution >= 4 is 23.1 Å². The molecule has 146 valence electrons. The molecule has 28 heavy (non-hydrogen) atoms. The van der Waals surface area contributed by atoms with Crippen LogP contribution in [0.25, 0.3) is 11.4 Å². The predicted octanol–water partition coefficient (Wildman–Crippen LogP) is 3.16. The topological polar surface area (TPSA) is 83.7 Å². The number of methoxy groups -OCH3 is 1. The Balaban J connectivity index is 1.29. The zero-order valence-electron chi connectivity index (χ0n) is 15.5. The second-order valence-electron chi connectivity index (χ2n) is 6.42. The van der Waals surface area contributed by atoms with Crippen LogP contribution in [0, 0.1) is 0 Å². The van der Waals surface area contributed by atoms with Crippen LogP contribution < -0.4 is 10.1 Å². The third-order valence-corrected chi connectivity index (χ3v) is 5.30. The fourth-order valence-corrected chi connectivity index (χ4v) is 3.70. The van der Waals surface area contributed by atoms with Gasteiger partial charge in [-0.05, 0) is 23.6 Å². The molecule has 0 radical (unpaired) electrons. The number of hydrogen-bond acceptors (Lipinski definition) is 7. The Labute approximate surface area is 166 Å². The zero-order valence-corrected chi connectivity index (χ0v) is 16.3. The van der Waals surface area contributed by atoms with Gasteiger partial charge in [0.25, 0.3) is 0 Å². The Morgan fingerprint density at radius 1 is 1.25 bits per heavy atom. The van der Waals surface area contributed by atoms with Crippen LogP contribution in [0.4, 0.5) is 10.5 Å². The number of hydrogen-bond donors (Lipinski definition) is 1. The van der Waals surface area contributed by atoms with Crippen molar-refractivity contribution in [3.8, 4) is 17.1 Å². The molecule has 0 bridgehead atoms. The number of piperazine rings is 1. The maximum Gasteiger partial charge on any atom is 0.322 e. The van der Waals surface area contributed by atoms with Crippen molar-refractivity contribution in [2.24, 2.45) is 0 Å². The molecule has 1 N–H and O–H groups in total. The Morgan fingerprint density at radius 3 is 2.82 bits per heavy atom. The largest absolute Gasteiger partial charge is 0.495 e. The normalized spacial score (nSPS) is 14.8. The highest BCUT2D eigenvalue weighted by Crippen LogP contribution is 2.24. The lowest BCUT2D eigenvalue weighted by Crippen LogP contribution is -2.49. The van der Waals surface area contributed by atoms with Gasteiger partial charge >= 0.3 is 6.03 Å². The molecule has 1 aromatic carbocycles. The minimum Gasteiger partial charge on any atom is -0.495 e. The summed E-state index contributed by atoms with van der Waals surface area (Å²) < 4.78 is 10.6. The monoisotopic (exact) mass is 399 g/mol. The molecule has 1 saturated heterocycles. The van der Waals surface area contributed by atoms with E-state index in [-0.39, 0.29) is 6.03 Å². The quantitative estimate of drug-likeness (QED) is 0.710. The third-order valence-electron chi connectivity index (χ3n) is 4.61. The molecule has 0 saturated carbocycles. The Bertz CT molecular complexity index is 919. The van der Waals surface area contributed by atoms with E-state index in [1.165, 1.54) is 0 Å². The van der Waals surface area contributed by atoms with Crippen molar-refractivity contribution in [2.75, 3.05) is 38.6 Å². The molecule has 1 fully saturated rings. The minimum atomic E-state index is -0.123. The lowest BCUT2D eigenvalue weighted by Gasteiger charge is -2.33. The number of benzene rings is 1. The number of ether oxygens (including phenoxy) is 1. The predicted molar refractivity (Wildman–Crippen MR) is 106 cm³/mol. The van der Waals surface area contributed by atoms with Crippen LogP contribution in [0.2, 0.25) is 0 Å². The summed E-state index contributed by atoms with van der Waals surface area (Å²) >= 11 is 1.60. The standard InChI is InChI=1S/C19H21N5O3S/c1-26-16-5-3-2-4-15(16)20-19(25)24-9-7-23(8-10-24)12-17-21-18(22-27-17)14-6-11-28-13-14/h2-6,11,13H,7-10,12H2,1H3,(H,20,25). The highest BCUT2D eigenvalue weighted by molar-refractivity contribution is 7.08. The van der Waals surface area contributed by atoms with Gasteiger partial charge in [-0.3, -0.25) is 4.90 Å². The molecular weight excluding hydrogens is 378 g/mol. The number of carbonyl (C=O) groups is 1. The van der Waals surface area contributed by atoms with E-state index >= 15 is 0 Å². The van der Waals surface area contributed by atoms with Crippen molar-refractivity contribution in [3.05, 3.63) is 47.0 Å². The molecule has 3 aromatic rings. The molecular formula is C19H21N5O3S. The molecule has 1 aliphatic rings. The fourth-order valence-electron chi connectivity index (χ4n) is 3.07. The van der Waals surface area contributed by atoms with Gasteiger partial charge in [0.2, 0.25) is 11.7 Å². The molecule has 2 aromatic heterocycles. The van der Waals surface area contributed by atoms with E-state index in [1.54, 1.807) is 23.3 Å². The molecule has 0 atom stereocenters. The van der Waals surface area contributed by atoms with E-state index in [4.69, 9.17) is 9.26 Å². The van der Waals surface area contributed by atoms with Crippen molar-refractivity contribution in [1.82, 2.24) is 19.9 Å². The number of aromatic nitrogens is 2. The van der Waals surface area contributed by atoms with Gasteiger partial charge in [0.05, 0.1) is 19.3 Å². The van der Waals surface area contributed by atoms with Crippen molar-refractivity contribution in [3.63, 3.8) is 0 Å². The summed E-state index contributed by atoms with van der Waals surface area (Å²) in [5, 5.41) is 10.9. The van der Waals surface area contributed by atoms with Gasteiger partial charge in [-0.2, -0.15) is 16.3 Å². The van der Waals surface area contributed by atoms with E-state index in [0.29, 0.717) is 42.8 Å². The van der Waals surface area contributed by atoms with E-state index in [2.05, 4.69) is 20.4 Å². The summed E-state index contributed by atoms with van der Waals surface area (Å²) in [5.74, 6) is 1.85. The first-order chi connectivity index (χ1) is 13.7. The van der Waals surface area contributed by atoms with Gasteiger partial charge in [0, 0.05) is 37.1 Å². The van der Waals surface area contributed by atoms with Gasteiger partial charge in [0.15, 0.2) is 0 Å². The number of carbonyl (C=O) groups excluding carboxylic acids is 1. The van der Waals surface area contributed by atoms with Crippen molar-refractivity contribution in [2.45, 2.75) is 6.54 Å². The lowest BCUT2D eigenvalue weighted by molar-refractivity contribution is 0.133. The number of para-hydroxylation sites is 2. The molecule has 0 spiro atoms. The summed E-state index contributed by atoms with van der Waals surface area (Å²) in [6.45, 7) is 3.34. The lowest BCUT2D eigenvalue weighted by atomic mass is 10.3. The van der Waals surface area contributed by atoms with Gasteiger partial charge in [-0.25, -0.2) is 4.79 Å². The van der Waals surface area contributed by atoms with Gasteiger partial charge < -0.3 is 19.5 Å². The van der Waals surface area contributed by atoms with Crippen molar-refractivity contribution in [1.29, 1.82) is 0 Å². The SMILES string of the molecule is COc1ccccc1NC(=O)N1CCN(Cc2nc(-c3ccsc3)no2)CC1. The smallest absolute Gasteiger partial charge is 0.322 e. The van der Waals surface area contributed by atoms with E-state index in [1.807, 2.05) is 41.1 Å². The van der Waals surface area contributed by atoms with Gasteiger partial charge in [-0.15, -0.1) is 0 Å². The van der Waals surface area contributed by atoms with E-state index in [9.17, 15) is 4.79 Å². The highest BCUT2D eigenvalue weighted by atomic mass is 32.1. The van der Waals surface area contributed by atoms with Crippen LogP contribution in [0.3, 0.4) is 0 Å². The van der Waals surface area contributed by atoms with E-state index in [0.717, 1.165) is 18.7 Å². The third kappa shape index (κ3) is 4.15. The van der Waals surface area contributed by atoms with Crippen LogP contribution in [-0.4, -0.2) is 59.3 Å². The minimum absolute atomic E-state index is 0.123. The first kappa shape index (κ1) is 18.5.